The summed E-state index contributed by atoms with van der Waals surface area (Å²) < 4.78 is 4.88. The number of benzene rings is 7. The van der Waals surface area contributed by atoms with Crippen LogP contribution in [0, 0.1) is 0 Å². The van der Waals surface area contributed by atoms with Crippen molar-refractivity contribution in [3.63, 3.8) is 0 Å². The molecule has 7 aromatic carbocycles. The Hall–Kier alpha value is -5.75. The summed E-state index contributed by atoms with van der Waals surface area (Å²) in [7, 11) is 0. The zero-order valence-electron chi connectivity index (χ0n) is 44.4. The van der Waals surface area contributed by atoms with Crippen LogP contribution in [0.3, 0.4) is 0 Å². The molecule has 0 radical (unpaired) electrons. The van der Waals surface area contributed by atoms with Gasteiger partial charge in [0.15, 0.2) is 5.71 Å². The van der Waals surface area contributed by atoms with E-state index in [0.717, 1.165) is 41.4 Å². The zero-order chi connectivity index (χ0) is 51.0. The molecule has 5 heteroatoms. The number of anilines is 2. The molecule has 3 nitrogen and oxygen atoms in total. The number of nitrogens with zero attached hydrogens (tertiary/aromatic N) is 3. The van der Waals surface area contributed by atoms with Crippen LogP contribution in [0.5, 0.6) is 0 Å². The quantitative estimate of drug-likeness (QED) is 0.0841. The number of rotatable bonds is 13. The molecule has 370 valence electrons. The van der Waals surface area contributed by atoms with Gasteiger partial charge in [-0.2, -0.15) is 4.58 Å². The van der Waals surface area contributed by atoms with Gasteiger partial charge in [-0.15, -0.1) is 0 Å². The number of hydrogen-bond donors (Lipinski definition) is 0. The third kappa shape index (κ3) is 8.14. The van der Waals surface area contributed by atoms with Crippen LogP contribution < -0.4 is 9.80 Å². The first-order valence-corrected chi connectivity index (χ1v) is 28.6. The molecule has 0 spiro atoms. The maximum absolute atomic E-state index is 3.78. The lowest BCUT2D eigenvalue weighted by molar-refractivity contribution is -0.438. The van der Waals surface area contributed by atoms with Crippen LogP contribution in [0.15, 0.2) is 178 Å². The highest BCUT2D eigenvalue weighted by atomic mass is 79.9. The summed E-state index contributed by atoms with van der Waals surface area (Å²) in [6, 6.07) is 45.8. The smallest absolute Gasteiger partial charge is 0.210 e. The third-order valence-corrected chi connectivity index (χ3v) is 17.8. The Morgan fingerprint density at radius 2 is 1.10 bits per heavy atom. The van der Waals surface area contributed by atoms with Crippen LogP contribution >= 0.6 is 31.9 Å². The Morgan fingerprint density at radius 1 is 0.507 bits per heavy atom. The van der Waals surface area contributed by atoms with E-state index in [2.05, 4.69) is 260 Å². The van der Waals surface area contributed by atoms with Crippen LogP contribution in [-0.2, 0) is 16.2 Å². The monoisotopic (exact) mass is 1090 g/mol. The molecule has 0 atom stereocenters. The minimum absolute atomic E-state index is 0.231. The van der Waals surface area contributed by atoms with Crippen LogP contribution in [-0.4, -0.2) is 29.9 Å². The minimum atomic E-state index is -0.260. The van der Waals surface area contributed by atoms with Crippen LogP contribution in [0.1, 0.15) is 129 Å². The van der Waals surface area contributed by atoms with Crippen molar-refractivity contribution in [3.8, 4) is 0 Å². The number of allylic oxidation sites excluding steroid dienone is 10. The molecule has 73 heavy (non-hydrogen) atoms. The highest BCUT2D eigenvalue weighted by molar-refractivity contribution is 9.10. The average molecular weight is 1090 g/mol. The summed E-state index contributed by atoms with van der Waals surface area (Å²) in [6.07, 6.45) is 19.6. The van der Waals surface area contributed by atoms with Crippen molar-refractivity contribution in [2.75, 3.05) is 29.4 Å². The van der Waals surface area contributed by atoms with Gasteiger partial charge in [-0.25, -0.2) is 0 Å². The number of halogens is 2. The van der Waals surface area contributed by atoms with Crippen LogP contribution in [0.25, 0.3) is 43.5 Å². The molecule has 1 aliphatic carbocycles. The lowest BCUT2D eigenvalue weighted by atomic mass is 9.78. The van der Waals surface area contributed by atoms with Gasteiger partial charge in [0, 0.05) is 79.8 Å². The van der Waals surface area contributed by atoms with Gasteiger partial charge in [0.05, 0.1) is 5.41 Å². The predicted octanol–water partition coefficient (Wildman–Crippen LogP) is 19.2. The SMILES string of the molecule is CCCCCN1/C(=C/C=C2C(/C=C3/N(CC)c4ccc5ccccc5c4C3(C)C)=C(/C=C/C3=[N+](CCCCC)c4ccc5cc(Br)ccc5c4C3(C)C)c3ccccc3/2)C(C)(C)c2c1ccc1cc(Br)ccc21. The summed E-state index contributed by atoms with van der Waals surface area (Å²) in [6.45, 7) is 24.5. The molecular formula is C68H70Br2N3+. The predicted molar refractivity (Wildman–Crippen MR) is 322 cm³/mol. The van der Waals surface area contributed by atoms with Crippen molar-refractivity contribution in [1.82, 2.24) is 0 Å². The molecule has 4 aliphatic rings. The van der Waals surface area contributed by atoms with E-state index in [1.807, 2.05) is 0 Å². The number of hydrogen-bond acceptors (Lipinski definition) is 2. The second kappa shape index (κ2) is 19.2. The van der Waals surface area contributed by atoms with Crippen molar-refractivity contribution in [1.29, 1.82) is 0 Å². The summed E-state index contributed by atoms with van der Waals surface area (Å²) in [5, 5.41) is 7.85. The molecule has 0 N–H and O–H groups in total. The van der Waals surface area contributed by atoms with Crippen molar-refractivity contribution < 1.29 is 4.58 Å². The highest BCUT2D eigenvalue weighted by Crippen LogP contribution is 2.55. The van der Waals surface area contributed by atoms with Gasteiger partial charge in [-0.05, 0) is 166 Å². The van der Waals surface area contributed by atoms with E-state index in [4.69, 9.17) is 0 Å². The molecule has 3 heterocycles. The molecule has 0 unspecified atom stereocenters. The van der Waals surface area contributed by atoms with Crippen molar-refractivity contribution in [2.45, 2.75) is 117 Å². The van der Waals surface area contributed by atoms with Crippen LogP contribution in [0.2, 0.25) is 0 Å². The standard InChI is InChI=1S/C68H70Br2N3/c1-10-13-19-39-72-58-35-26-45-41-47(69)28-30-50(45)64(58)66(4,5)60(72)37-32-54-52-23-17-18-24-53(52)55(56(54)43-62-68(8,9)63-49-22-16-15-21-44(49)25-34-57(63)71(62)12-3)33-38-61-67(6,7)65-51-31-29-48(70)42-46(51)27-36-59(65)73(61)40-20-14-11-2/h15-18,21-38,41-43H,10-14,19-20,39-40H2,1-9H3/q+1. The molecule has 0 bridgehead atoms. The van der Waals surface area contributed by atoms with E-state index >= 15 is 0 Å². The topological polar surface area (TPSA) is 9.49 Å². The first kappa shape index (κ1) is 49.5. The minimum Gasteiger partial charge on any atom is -0.344 e. The molecule has 11 rings (SSSR count). The fraction of sp³-hybridized carbons (Fsp3) is 0.309. The largest absolute Gasteiger partial charge is 0.344 e. The molecule has 0 amide bonds. The van der Waals surface area contributed by atoms with E-state index in [0.29, 0.717) is 0 Å². The summed E-state index contributed by atoms with van der Waals surface area (Å²) in [5.41, 5.74) is 17.9. The first-order chi connectivity index (χ1) is 35.2. The average Bonchev–Trinajstić information content (AvgIpc) is 3.97. The maximum atomic E-state index is 3.78. The normalized spacial score (nSPS) is 19.0. The first-order valence-electron chi connectivity index (χ1n) is 27.1. The van der Waals surface area contributed by atoms with Crippen LogP contribution in [0.4, 0.5) is 17.1 Å². The van der Waals surface area contributed by atoms with Gasteiger partial charge in [0.2, 0.25) is 5.69 Å². The number of unbranched alkanes of at least 4 members (excludes halogenated alkanes) is 4. The van der Waals surface area contributed by atoms with Gasteiger partial charge >= 0.3 is 0 Å². The Bertz CT molecular complexity index is 3590. The van der Waals surface area contributed by atoms with Gasteiger partial charge in [-0.3, -0.25) is 0 Å². The van der Waals surface area contributed by atoms with Gasteiger partial charge in [0.25, 0.3) is 0 Å². The molecule has 0 saturated carbocycles. The van der Waals surface area contributed by atoms with E-state index in [9.17, 15) is 0 Å². The highest BCUT2D eigenvalue weighted by Gasteiger charge is 2.47. The van der Waals surface area contributed by atoms with E-state index in [-0.39, 0.29) is 16.2 Å². The number of likely N-dealkylation sites (N-methyl/N-ethyl adjacent to an activating group) is 1. The molecule has 0 aromatic heterocycles. The van der Waals surface area contributed by atoms with E-state index in [1.165, 1.54) is 137 Å². The molecular weight excluding hydrogens is 1020 g/mol. The molecule has 7 aromatic rings. The van der Waals surface area contributed by atoms with E-state index in [1.54, 1.807) is 0 Å². The second-order valence-electron chi connectivity index (χ2n) is 22.4. The Balaban J connectivity index is 1.14. The number of fused-ring (bicyclic) bond motifs is 10. The Morgan fingerprint density at radius 3 is 1.79 bits per heavy atom. The summed E-state index contributed by atoms with van der Waals surface area (Å²) in [4.78, 5) is 5.24. The molecule has 0 saturated heterocycles. The Kier molecular flexibility index (Phi) is 13.0. The molecule has 0 fully saturated rings. The van der Waals surface area contributed by atoms with Gasteiger partial charge in [0.1, 0.15) is 6.54 Å². The fourth-order valence-electron chi connectivity index (χ4n) is 13.4. The molecule has 3 aliphatic heterocycles. The summed E-state index contributed by atoms with van der Waals surface area (Å²) in [5.74, 6) is 0. The summed E-state index contributed by atoms with van der Waals surface area (Å²) >= 11 is 7.55. The zero-order valence-corrected chi connectivity index (χ0v) is 47.6. The lowest BCUT2D eigenvalue weighted by Crippen LogP contribution is -2.28. The van der Waals surface area contributed by atoms with Gasteiger partial charge < -0.3 is 9.80 Å². The van der Waals surface area contributed by atoms with Crippen molar-refractivity contribution in [2.24, 2.45) is 0 Å². The van der Waals surface area contributed by atoms with E-state index < -0.39 is 0 Å². The van der Waals surface area contributed by atoms with Gasteiger partial charge in [-0.1, -0.05) is 172 Å². The van der Waals surface area contributed by atoms with Crippen molar-refractivity contribution in [3.05, 3.63) is 205 Å². The lowest BCUT2D eigenvalue weighted by Gasteiger charge is -2.28. The third-order valence-electron chi connectivity index (χ3n) is 16.8. The van der Waals surface area contributed by atoms with Crippen molar-refractivity contribution >= 4 is 98.1 Å². The fourth-order valence-corrected chi connectivity index (χ4v) is 14.1. The Labute approximate surface area is 451 Å². The maximum Gasteiger partial charge on any atom is 0.210 e. The second-order valence-corrected chi connectivity index (χ2v) is 24.3.